The molecule has 3 rings (SSSR count). The molecule has 0 saturated heterocycles. The molecule has 0 atom stereocenters. The minimum Gasteiger partial charge on any atom is -0.366 e. The van der Waals surface area contributed by atoms with Gasteiger partial charge in [0.05, 0.1) is 16.6 Å². The Morgan fingerprint density at radius 1 is 1.17 bits per heavy atom. The Kier molecular flexibility index (Phi) is 4.01. The van der Waals surface area contributed by atoms with Crippen molar-refractivity contribution in [2.24, 2.45) is 0 Å². The molecule has 1 aromatic heterocycles. The summed E-state index contributed by atoms with van der Waals surface area (Å²) in [5.41, 5.74) is 1.27. The van der Waals surface area contributed by atoms with Crippen LogP contribution in [0.15, 0.2) is 59.6 Å². The number of hydrogen-bond donors (Lipinski definition) is 2. The van der Waals surface area contributed by atoms with E-state index < -0.39 is 10.0 Å². The standard InChI is InChI=1S/C15H14N4O2S2/c1-16-15(22)18-12-7-8-14-11(9-12)10-17-19(14)23(20,21)13-5-3-2-4-6-13/h2-10H,1H3,(H2,16,18,22). The van der Waals surface area contributed by atoms with Gasteiger partial charge in [0.1, 0.15) is 0 Å². The first-order valence-electron chi connectivity index (χ1n) is 6.79. The number of fused-ring (bicyclic) bond motifs is 1. The molecule has 0 spiro atoms. The first kappa shape index (κ1) is 15.4. The summed E-state index contributed by atoms with van der Waals surface area (Å²) >= 11 is 5.05. The second-order valence-corrected chi connectivity index (χ2v) is 6.96. The van der Waals surface area contributed by atoms with Gasteiger partial charge in [-0.1, -0.05) is 18.2 Å². The average molecular weight is 346 g/mol. The monoisotopic (exact) mass is 346 g/mol. The van der Waals surface area contributed by atoms with Crippen LogP contribution in [0.2, 0.25) is 0 Å². The summed E-state index contributed by atoms with van der Waals surface area (Å²) in [7, 11) is -2.00. The van der Waals surface area contributed by atoms with Gasteiger partial charge >= 0.3 is 0 Å². The minimum atomic E-state index is -3.72. The van der Waals surface area contributed by atoms with Crippen LogP contribution in [0.4, 0.5) is 5.69 Å². The van der Waals surface area contributed by atoms with E-state index in [2.05, 4.69) is 15.7 Å². The smallest absolute Gasteiger partial charge is 0.283 e. The SMILES string of the molecule is CNC(=S)Nc1ccc2c(cnn2S(=O)(=O)c2ccccc2)c1. The van der Waals surface area contributed by atoms with Gasteiger partial charge in [-0.3, -0.25) is 0 Å². The lowest BCUT2D eigenvalue weighted by Crippen LogP contribution is -2.24. The third-order valence-corrected chi connectivity index (χ3v) is 5.21. The van der Waals surface area contributed by atoms with E-state index in [4.69, 9.17) is 12.2 Å². The van der Waals surface area contributed by atoms with Crippen molar-refractivity contribution >= 4 is 43.9 Å². The van der Waals surface area contributed by atoms with E-state index in [1.54, 1.807) is 55.6 Å². The summed E-state index contributed by atoms with van der Waals surface area (Å²) in [5.74, 6) is 0. The maximum atomic E-state index is 12.7. The Morgan fingerprint density at radius 3 is 2.61 bits per heavy atom. The summed E-state index contributed by atoms with van der Waals surface area (Å²) in [6.07, 6.45) is 1.52. The van der Waals surface area contributed by atoms with Crippen LogP contribution in [-0.4, -0.2) is 29.8 Å². The molecule has 0 fully saturated rings. The molecule has 0 aliphatic carbocycles. The number of rotatable bonds is 3. The molecule has 0 unspecified atom stereocenters. The fourth-order valence-corrected chi connectivity index (χ4v) is 3.58. The number of thiocarbonyl (C=S) groups is 1. The third-order valence-electron chi connectivity index (χ3n) is 3.29. The van der Waals surface area contributed by atoms with Crippen LogP contribution >= 0.6 is 12.2 Å². The molecule has 0 amide bonds. The molecule has 23 heavy (non-hydrogen) atoms. The van der Waals surface area contributed by atoms with Gasteiger partial charge in [0.15, 0.2) is 5.11 Å². The van der Waals surface area contributed by atoms with E-state index in [-0.39, 0.29) is 4.90 Å². The molecule has 2 N–H and O–H groups in total. The molecule has 0 radical (unpaired) electrons. The van der Waals surface area contributed by atoms with E-state index in [0.29, 0.717) is 16.0 Å². The topological polar surface area (TPSA) is 76.0 Å². The summed E-state index contributed by atoms with van der Waals surface area (Å²) < 4.78 is 26.4. The molecular weight excluding hydrogens is 332 g/mol. The largest absolute Gasteiger partial charge is 0.366 e. The normalized spacial score (nSPS) is 11.3. The van der Waals surface area contributed by atoms with Crippen molar-refractivity contribution in [3.05, 3.63) is 54.7 Å². The quantitative estimate of drug-likeness (QED) is 0.708. The van der Waals surface area contributed by atoms with Crippen molar-refractivity contribution in [2.75, 3.05) is 12.4 Å². The zero-order valence-electron chi connectivity index (χ0n) is 12.2. The first-order valence-corrected chi connectivity index (χ1v) is 8.64. The van der Waals surface area contributed by atoms with Crippen molar-refractivity contribution in [2.45, 2.75) is 4.90 Å². The summed E-state index contributed by atoms with van der Waals surface area (Å²) in [4.78, 5) is 0.198. The highest BCUT2D eigenvalue weighted by Gasteiger charge is 2.20. The maximum Gasteiger partial charge on any atom is 0.283 e. The van der Waals surface area contributed by atoms with Gasteiger partial charge in [0.25, 0.3) is 10.0 Å². The Bertz CT molecular complexity index is 966. The van der Waals surface area contributed by atoms with Gasteiger partial charge in [0.2, 0.25) is 0 Å². The summed E-state index contributed by atoms with van der Waals surface area (Å²) in [6.45, 7) is 0. The van der Waals surface area contributed by atoms with Gasteiger partial charge < -0.3 is 10.6 Å². The Balaban J connectivity index is 2.05. The van der Waals surface area contributed by atoms with Gasteiger partial charge in [0, 0.05) is 18.1 Å². The maximum absolute atomic E-state index is 12.7. The highest BCUT2D eigenvalue weighted by molar-refractivity contribution is 7.90. The fourth-order valence-electron chi connectivity index (χ4n) is 2.16. The van der Waals surface area contributed by atoms with E-state index in [1.165, 1.54) is 6.20 Å². The van der Waals surface area contributed by atoms with Crippen molar-refractivity contribution in [3.63, 3.8) is 0 Å². The van der Waals surface area contributed by atoms with Crippen molar-refractivity contribution in [3.8, 4) is 0 Å². The lowest BCUT2D eigenvalue weighted by atomic mass is 10.2. The lowest BCUT2D eigenvalue weighted by Gasteiger charge is -2.08. The molecule has 3 aromatic rings. The van der Waals surface area contributed by atoms with Gasteiger partial charge in [-0.25, -0.2) is 0 Å². The third kappa shape index (κ3) is 2.90. The molecule has 1 heterocycles. The van der Waals surface area contributed by atoms with Crippen LogP contribution < -0.4 is 10.6 Å². The van der Waals surface area contributed by atoms with E-state index in [0.717, 1.165) is 9.77 Å². The number of aromatic nitrogens is 2. The van der Waals surface area contributed by atoms with Crippen LogP contribution in [0.3, 0.4) is 0 Å². The summed E-state index contributed by atoms with van der Waals surface area (Å²) in [5, 5.41) is 11.0. The van der Waals surface area contributed by atoms with E-state index in [1.807, 2.05) is 0 Å². The molecule has 6 nitrogen and oxygen atoms in total. The predicted octanol–water partition coefficient (Wildman–Crippen LogP) is 2.19. The molecule has 0 saturated carbocycles. The number of nitrogens with zero attached hydrogens (tertiary/aromatic N) is 2. The highest BCUT2D eigenvalue weighted by atomic mass is 32.2. The number of benzene rings is 2. The molecule has 0 aliphatic rings. The minimum absolute atomic E-state index is 0.198. The highest BCUT2D eigenvalue weighted by Crippen LogP contribution is 2.23. The zero-order valence-corrected chi connectivity index (χ0v) is 13.9. The molecule has 0 bridgehead atoms. The van der Waals surface area contributed by atoms with Crippen LogP contribution in [0.1, 0.15) is 0 Å². The van der Waals surface area contributed by atoms with E-state index >= 15 is 0 Å². The molecule has 2 aromatic carbocycles. The van der Waals surface area contributed by atoms with E-state index in [9.17, 15) is 8.42 Å². The molecule has 0 aliphatic heterocycles. The van der Waals surface area contributed by atoms with Crippen LogP contribution in [0.5, 0.6) is 0 Å². The lowest BCUT2D eigenvalue weighted by molar-refractivity contribution is 0.582. The molecule has 8 heteroatoms. The first-order chi connectivity index (χ1) is 11.0. The predicted molar refractivity (Wildman–Crippen MR) is 94.0 cm³/mol. The Labute approximate surface area is 139 Å². The number of nitrogens with one attached hydrogen (secondary N) is 2. The van der Waals surface area contributed by atoms with Crippen molar-refractivity contribution in [1.82, 2.24) is 14.5 Å². The van der Waals surface area contributed by atoms with Crippen LogP contribution in [-0.2, 0) is 10.0 Å². The average Bonchev–Trinajstić information content (AvgIpc) is 2.99. The zero-order chi connectivity index (χ0) is 16.4. The number of anilines is 1. The van der Waals surface area contributed by atoms with Crippen LogP contribution in [0.25, 0.3) is 10.9 Å². The number of hydrogen-bond acceptors (Lipinski definition) is 4. The van der Waals surface area contributed by atoms with Gasteiger partial charge in [-0.2, -0.15) is 17.6 Å². The van der Waals surface area contributed by atoms with Crippen LogP contribution in [0, 0.1) is 0 Å². The second-order valence-electron chi connectivity index (χ2n) is 4.78. The Hall–Kier alpha value is -2.45. The van der Waals surface area contributed by atoms with Gasteiger partial charge in [-0.15, -0.1) is 0 Å². The molecule has 118 valence electrons. The summed E-state index contributed by atoms with van der Waals surface area (Å²) in [6, 6.07) is 13.5. The van der Waals surface area contributed by atoms with Crippen molar-refractivity contribution in [1.29, 1.82) is 0 Å². The second kappa shape index (κ2) is 5.98. The fraction of sp³-hybridized carbons (Fsp3) is 0.0667. The van der Waals surface area contributed by atoms with Gasteiger partial charge in [-0.05, 0) is 42.5 Å². The van der Waals surface area contributed by atoms with Crippen molar-refractivity contribution < 1.29 is 8.42 Å². The molecular formula is C15H14N4O2S2. The Morgan fingerprint density at radius 2 is 1.91 bits per heavy atom.